The molecule has 4 fully saturated rings. The first-order valence-electron chi connectivity index (χ1n) is 23.4. The fourth-order valence-corrected chi connectivity index (χ4v) is 10.9. The molecular weight excluding hydrogens is 851 g/mol. The molecule has 65 heavy (non-hydrogen) atoms. The van der Waals surface area contributed by atoms with Crippen LogP contribution in [-0.4, -0.2) is 101 Å². The number of hydrogen-bond acceptors (Lipinski definition) is 12. The largest absolute Gasteiger partial charge is 0.470 e. The van der Waals surface area contributed by atoms with Gasteiger partial charge in [0.2, 0.25) is 27.4 Å². The molecule has 0 bridgehead atoms. The molecule has 0 unspecified atom stereocenters. The van der Waals surface area contributed by atoms with E-state index in [1.54, 1.807) is 6.92 Å². The third-order valence-corrected chi connectivity index (χ3v) is 16.2. The van der Waals surface area contributed by atoms with E-state index in [2.05, 4.69) is 34.1 Å². The molecule has 4 aromatic rings. The molecule has 4 amide bonds. The molecule has 17 heteroatoms. The minimum absolute atomic E-state index is 0.00891. The topological polar surface area (TPSA) is 202 Å². The Kier molecular flexibility index (Phi) is 12.3. The van der Waals surface area contributed by atoms with E-state index in [1.165, 1.54) is 4.90 Å². The predicted molar refractivity (Wildman–Crippen MR) is 244 cm³/mol. The van der Waals surface area contributed by atoms with Crippen molar-refractivity contribution in [3.05, 3.63) is 60.7 Å². The molecule has 3 saturated carbocycles. The number of carbonyl (C=O) groups is 4. The van der Waals surface area contributed by atoms with E-state index in [1.807, 2.05) is 60.7 Å². The molecule has 4 heterocycles. The smallest absolute Gasteiger partial charge is 0.408 e. The highest BCUT2D eigenvalue weighted by Crippen LogP contribution is 2.48. The van der Waals surface area contributed by atoms with Crippen molar-refractivity contribution < 1.29 is 41.5 Å². The molecule has 3 aliphatic carbocycles. The number of para-hydroxylation sites is 1. The zero-order chi connectivity index (χ0) is 45.5. The van der Waals surface area contributed by atoms with Crippen molar-refractivity contribution in [3.63, 3.8) is 0 Å². The third kappa shape index (κ3) is 9.00. The van der Waals surface area contributed by atoms with Gasteiger partial charge in [0.05, 0.1) is 11.3 Å². The van der Waals surface area contributed by atoms with Crippen LogP contribution in [0.5, 0.6) is 5.88 Å². The Morgan fingerprint density at radius 1 is 0.954 bits per heavy atom. The molecule has 1 saturated heterocycles. The predicted octanol–water partition coefficient (Wildman–Crippen LogP) is 6.67. The number of hydrogen-bond donors (Lipinski definition) is 3. The standard InChI is InChI=1S/C48H59N7O9S/c1-4-54(5-2)32-23-21-30(22-24-32)41-50-39-35-18-13-14-20-38(35)64-40(39)43(51-41)62-34-27-37-42(56)52-48(45(58)53-65(60,61)47(3)25-26-47)28-31(48)15-9-7-6-8-10-19-36(44(57)55(37)29-34)49-46(59)63-33-16-11-12-17-33/h9,13-15,18,20-24,31,33-34,36-37H,4-8,10-12,16-17,19,25-29H2,1-3H3,(H,49,59)(H,52,56)(H,53,58)/b15-9-/t31-,34+,36-,37-,48+/m0/s1. The normalized spacial score (nSPS) is 26.3. The first-order valence-corrected chi connectivity index (χ1v) is 24.8. The highest BCUT2D eigenvalue weighted by atomic mass is 32.2. The maximum atomic E-state index is 14.9. The average Bonchev–Trinajstić information content (AvgIpc) is 3.95. The Hall–Kier alpha value is -5.71. The van der Waals surface area contributed by atoms with Gasteiger partial charge in [0.15, 0.2) is 5.82 Å². The number of sulfonamides is 1. The van der Waals surface area contributed by atoms with Gasteiger partial charge in [-0.3, -0.25) is 19.1 Å². The number of ether oxygens (including phenoxy) is 2. The third-order valence-electron chi connectivity index (χ3n) is 14.1. The molecule has 16 nitrogen and oxygen atoms in total. The second-order valence-corrected chi connectivity index (χ2v) is 20.8. The van der Waals surface area contributed by atoms with Crippen LogP contribution in [0.3, 0.4) is 0 Å². The summed E-state index contributed by atoms with van der Waals surface area (Å²) in [5.74, 6) is -1.87. The van der Waals surface area contributed by atoms with Crippen molar-refractivity contribution >= 4 is 61.6 Å². The minimum Gasteiger partial charge on any atom is -0.470 e. The summed E-state index contributed by atoms with van der Waals surface area (Å²) in [6.07, 6.45) is 9.76. The SMILES string of the molecule is CCN(CC)c1ccc(-c2nc(O[C@@H]3C[C@H]4C(=O)N[C@]5(C(=O)NS(=O)(=O)C6(C)CC6)C[C@@H]5/C=C\CCCCC[C@H](NC(=O)OC5CCCC5)C(=O)N4C3)c3oc4ccccc4c3n2)cc1. The summed E-state index contributed by atoms with van der Waals surface area (Å²) < 4.78 is 46.7. The number of rotatable bonds is 11. The Balaban J connectivity index is 1.05. The van der Waals surface area contributed by atoms with E-state index in [9.17, 15) is 27.6 Å². The molecule has 5 aliphatic rings. The van der Waals surface area contributed by atoms with Gasteiger partial charge in [0.25, 0.3) is 11.8 Å². The summed E-state index contributed by atoms with van der Waals surface area (Å²) in [6.45, 7) is 7.44. The van der Waals surface area contributed by atoms with Crippen LogP contribution in [0.4, 0.5) is 10.5 Å². The zero-order valence-corrected chi connectivity index (χ0v) is 38.2. The van der Waals surface area contributed by atoms with Gasteiger partial charge in [0, 0.05) is 42.1 Å². The summed E-state index contributed by atoms with van der Waals surface area (Å²) >= 11 is 0. The first kappa shape index (κ1) is 44.5. The quantitative estimate of drug-likeness (QED) is 0.135. The van der Waals surface area contributed by atoms with Crippen LogP contribution < -0.4 is 25.0 Å². The number of aromatic nitrogens is 2. The maximum Gasteiger partial charge on any atom is 0.408 e. The summed E-state index contributed by atoms with van der Waals surface area (Å²) in [5.41, 5.74) is 1.68. The lowest BCUT2D eigenvalue weighted by molar-refractivity contribution is -0.141. The number of nitrogens with one attached hydrogen (secondary N) is 3. The number of benzene rings is 2. The molecule has 2 aromatic heterocycles. The lowest BCUT2D eigenvalue weighted by atomic mass is 10.0. The van der Waals surface area contributed by atoms with Crippen LogP contribution in [0.15, 0.2) is 65.1 Å². The van der Waals surface area contributed by atoms with Gasteiger partial charge in [-0.2, -0.15) is 4.98 Å². The van der Waals surface area contributed by atoms with Gasteiger partial charge in [-0.1, -0.05) is 37.1 Å². The lowest BCUT2D eigenvalue weighted by Crippen LogP contribution is -2.58. The van der Waals surface area contributed by atoms with E-state index in [-0.39, 0.29) is 31.4 Å². The van der Waals surface area contributed by atoms with Gasteiger partial charge in [-0.15, -0.1) is 0 Å². The van der Waals surface area contributed by atoms with Crippen molar-refractivity contribution in [2.45, 2.75) is 139 Å². The molecule has 2 aromatic carbocycles. The Labute approximate surface area is 379 Å². The summed E-state index contributed by atoms with van der Waals surface area (Å²) in [5, 5.41) is 6.54. The van der Waals surface area contributed by atoms with Crippen LogP contribution in [0.1, 0.15) is 104 Å². The summed E-state index contributed by atoms with van der Waals surface area (Å²) in [6, 6.07) is 13.3. The fourth-order valence-electron chi connectivity index (χ4n) is 9.62. The molecule has 9 rings (SSSR count). The lowest BCUT2D eigenvalue weighted by Gasteiger charge is -2.30. The summed E-state index contributed by atoms with van der Waals surface area (Å²) in [7, 11) is -4.02. The monoisotopic (exact) mass is 909 g/mol. The van der Waals surface area contributed by atoms with Gasteiger partial charge < -0.3 is 34.3 Å². The van der Waals surface area contributed by atoms with E-state index < -0.39 is 68.2 Å². The number of alkyl carbamates (subject to hydrolysis) is 1. The molecule has 0 radical (unpaired) electrons. The second-order valence-electron chi connectivity index (χ2n) is 18.6. The van der Waals surface area contributed by atoms with Crippen molar-refractivity contribution in [3.8, 4) is 17.3 Å². The highest BCUT2D eigenvalue weighted by Gasteiger charge is 2.63. The van der Waals surface area contributed by atoms with Crippen LogP contribution in [0, 0.1) is 5.92 Å². The molecular formula is C48H59N7O9S. The Morgan fingerprint density at radius 2 is 1.69 bits per heavy atom. The van der Waals surface area contributed by atoms with E-state index >= 15 is 0 Å². The molecule has 5 atom stereocenters. The summed E-state index contributed by atoms with van der Waals surface area (Å²) in [4.78, 5) is 70.6. The zero-order valence-electron chi connectivity index (χ0n) is 37.3. The Morgan fingerprint density at radius 3 is 2.43 bits per heavy atom. The van der Waals surface area contributed by atoms with E-state index in [4.69, 9.17) is 23.9 Å². The number of carbonyl (C=O) groups excluding carboxylic acids is 4. The van der Waals surface area contributed by atoms with Crippen molar-refractivity contribution in [1.82, 2.24) is 30.2 Å². The first-order chi connectivity index (χ1) is 31.3. The minimum atomic E-state index is -4.02. The van der Waals surface area contributed by atoms with E-state index in [0.29, 0.717) is 54.6 Å². The van der Waals surface area contributed by atoms with Crippen LogP contribution >= 0.6 is 0 Å². The van der Waals surface area contributed by atoms with Crippen LogP contribution in [0.25, 0.3) is 33.5 Å². The van der Waals surface area contributed by atoms with Gasteiger partial charge in [-0.05, 0) is 121 Å². The highest BCUT2D eigenvalue weighted by molar-refractivity contribution is 7.91. The number of furan rings is 1. The number of allylic oxidation sites excluding steroid dienone is 1. The van der Waals surface area contributed by atoms with Crippen molar-refractivity contribution in [2.24, 2.45) is 5.92 Å². The van der Waals surface area contributed by atoms with Gasteiger partial charge in [-0.25, -0.2) is 18.2 Å². The van der Waals surface area contributed by atoms with E-state index in [0.717, 1.165) is 68.3 Å². The second kappa shape index (κ2) is 17.9. The average molecular weight is 910 g/mol. The van der Waals surface area contributed by atoms with Crippen LogP contribution in [-0.2, 0) is 29.1 Å². The Bertz CT molecular complexity index is 2600. The molecule has 346 valence electrons. The maximum absolute atomic E-state index is 14.9. The van der Waals surface area contributed by atoms with Gasteiger partial charge in [0.1, 0.15) is 40.9 Å². The molecule has 0 spiro atoms. The number of amides is 4. The number of nitrogens with zero attached hydrogens (tertiary/aromatic N) is 4. The fraction of sp³-hybridized carbons (Fsp3) is 0.542. The number of fused-ring (bicyclic) bond motifs is 5. The van der Waals surface area contributed by atoms with Crippen molar-refractivity contribution in [2.75, 3.05) is 24.5 Å². The van der Waals surface area contributed by atoms with Gasteiger partial charge >= 0.3 is 6.09 Å². The van der Waals surface area contributed by atoms with Crippen molar-refractivity contribution in [1.29, 1.82) is 0 Å². The number of anilines is 1. The molecule has 2 aliphatic heterocycles. The van der Waals surface area contributed by atoms with Crippen LogP contribution in [0.2, 0.25) is 0 Å². The molecule has 3 N–H and O–H groups in total.